The average Bonchev–Trinajstić information content (AvgIpc) is 2.67. The Morgan fingerprint density at radius 2 is 1.52 bits per heavy atom. The van der Waals surface area contributed by atoms with Crippen LogP contribution in [0.5, 0.6) is 0 Å². The van der Waals surface area contributed by atoms with E-state index in [2.05, 4.69) is 0 Å². The molecule has 5 fully saturated rings. The topological polar surface area (TPSA) is 57.7 Å². The van der Waals surface area contributed by atoms with Crippen LogP contribution in [0.2, 0.25) is 5.02 Å². The molecule has 0 unspecified atom stereocenters. The molecule has 0 atom stereocenters. The molecule has 5 nitrogen and oxygen atoms in total. The van der Waals surface area contributed by atoms with Crippen molar-refractivity contribution in [2.45, 2.75) is 49.8 Å². The van der Waals surface area contributed by atoms with Gasteiger partial charge in [0.1, 0.15) is 4.90 Å². The molecule has 1 amide bonds. The predicted octanol–water partition coefficient (Wildman–Crippen LogP) is 3.78. The van der Waals surface area contributed by atoms with Crippen LogP contribution in [-0.4, -0.2) is 49.7 Å². The molecule has 1 saturated heterocycles. The van der Waals surface area contributed by atoms with E-state index in [1.54, 1.807) is 24.3 Å². The number of benzene rings is 1. The molecule has 158 valence electrons. The van der Waals surface area contributed by atoms with Crippen molar-refractivity contribution in [1.82, 2.24) is 9.21 Å². The van der Waals surface area contributed by atoms with Crippen LogP contribution in [0.3, 0.4) is 0 Å². The van der Waals surface area contributed by atoms with Gasteiger partial charge in [-0.3, -0.25) is 4.79 Å². The monoisotopic (exact) mass is 436 g/mol. The molecule has 1 aliphatic heterocycles. The summed E-state index contributed by atoms with van der Waals surface area (Å²) in [4.78, 5) is 15.1. The minimum absolute atomic E-state index is 0.148. The number of sulfonamides is 1. The molecule has 0 spiro atoms. The molecule has 5 aliphatic rings. The van der Waals surface area contributed by atoms with Crippen molar-refractivity contribution < 1.29 is 13.2 Å². The minimum Gasteiger partial charge on any atom is -0.340 e. The number of carbonyl (C=O) groups is 1. The molecule has 7 heteroatoms. The van der Waals surface area contributed by atoms with E-state index in [-0.39, 0.29) is 21.2 Å². The standard InChI is InChI=1S/C22H29ClN2O3S/c23-19-3-1-2-4-20(19)29(27,28)25-7-5-24(6-8-25)21(26)15-22-12-16-9-17(13-22)11-18(10-16)14-22/h1-4,16-18H,5-15H2. The van der Waals surface area contributed by atoms with E-state index in [4.69, 9.17) is 11.6 Å². The number of carbonyl (C=O) groups excluding carboxylic acids is 1. The summed E-state index contributed by atoms with van der Waals surface area (Å²) in [7, 11) is -3.62. The first-order chi connectivity index (χ1) is 13.8. The van der Waals surface area contributed by atoms with Gasteiger partial charge in [-0.1, -0.05) is 23.7 Å². The number of piperazine rings is 1. The lowest BCUT2D eigenvalue weighted by Crippen LogP contribution is -2.53. The van der Waals surface area contributed by atoms with E-state index < -0.39 is 10.0 Å². The van der Waals surface area contributed by atoms with Crippen molar-refractivity contribution in [2.75, 3.05) is 26.2 Å². The fraction of sp³-hybridized carbons (Fsp3) is 0.682. The highest BCUT2D eigenvalue weighted by Gasteiger charge is 2.51. The number of hydrogen-bond acceptors (Lipinski definition) is 3. The number of amides is 1. The van der Waals surface area contributed by atoms with Crippen molar-refractivity contribution in [3.63, 3.8) is 0 Å². The largest absolute Gasteiger partial charge is 0.340 e. The molecule has 29 heavy (non-hydrogen) atoms. The van der Waals surface area contributed by atoms with Gasteiger partial charge in [0.05, 0.1) is 5.02 Å². The van der Waals surface area contributed by atoms with Gasteiger partial charge >= 0.3 is 0 Å². The normalized spacial score (nSPS) is 34.5. The van der Waals surface area contributed by atoms with E-state index in [9.17, 15) is 13.2 Å². The highest BCUT2D eigenvalue weighted by molar-refractivity contribution is 7.89. The van der Waals surface area contributed by atoms with E-state index in [1.807, 2.05) is 4.90 Å². The molecule has 0 aromatic heterocycles. The molecule has 4 aliphatic carbocycles. The van der Waals surface area contributed by atoms with Gasteiger partial charge in [-0.15, -0.1) is 0 Å². The van der Waals surface area contributed by atoms with E-state index in [0.717, 1.165) is 17.8 Å². The van der Waals surface area contributed by atoms with Crippen molar-refractivity contribution in [3.05, 3.63) is 29.3 Å². The summed E-state index contributed by atoms with van der Waals surface area (Å²) in [5.41, 5.74) is 0.229. The third kappa shape index (κ3) is 3.61. The fourth-order valence-corrected chi connectivity index (χ4v) is 8.83. The Labute approximate surface area is 178 Å². The Morgan fingerprint density at radius 1 is 0.966 bits per heavy atom. The second-order valence-corrected chi connectivity index (χ2v) is 12.1. The van der Waals surface area contributed by atoms with Crippen LogP contribution in [0.1, 0.15) is 44.9 Å². The Hall–Kier alpha value is -1.11. The Balaban J connectivity index is 1.22. The zero-order valence-electron chi connectivity index (χ0n) is 16.7. The van der Waals surface area contributed by atoms with Gasteiger partial charge < -0.3 is 4.90 Å². The maximum atomic E-state index is 13.1. The van der Waals surface area contributed by atoms with E-state index >= 15 is 0 Å². The molecule has 0 radical (unpaired) electrons. The molecular weight excluding hydrogens is 408 g/mol. The molecule has 6 rings (SSSR count). The molecule has 1 heterocycles. The molecule has 1 aromatic carbocycles. The SMILES string of the molecule is O=C(CC12CC3CC(CC(C3)C1)C2)N1CCN(S(=O)(=O)c2ccccc2Cl)CC1. The maximum Gasteiger partial charge on any atom is 0.244 e. The molecule has 4 bridgehead atoms. The minimum atomic E-state index is -3.62. The van der Waals surface area contributed by atoms with Gasteiger partial charge in [0, 0.05) is 32.6 Å². The highest BCUT2D eigenvalue weighted by atomic mass is 35.5. The quantitative estimate of drug-likeness (QED) is 0.721. The van der Waals surface area contributed by atoms with Crippen molar-refractivity contribution >= 4 is 27.5 Å². The second kappa shape index (κ2) is 7.24. The lowest BCUT2D eigenvalue weighted by molar-refractivity contribution is -0.140. The Kier molecular flexibility index (Phi) is 4.95. The van der Waals surface area contributed by atoms with Crippen LogP contribution in [-0.2, 0) is 14.8 Å². The summed E-state index contributed by atoms with van der Waals surface area (Å²) in [5, 5.41) is 0.243. The summed E-state index contributed by atoms with van der Waals surface area (Å²) in [6.07, 6.45) is 8.49. The summed E-state index contributed by atoms with van der Waals surface area (Å²) in [5.74, 6) is 2.74. The second-order valence-electron chi connectivity index (χ2n) is 9.81. The highest BCUT2D eigenvalue weighted by Crippen LogP contribution is 2.61. The van der Waals surface area contributed by atoms with E-state index in [1.165, 1.54) is 42.8 Å². The Bertz CT molecular complexity index is 873. The van der Waals surface area contributed by atoms with Crippen molar-refractivity contribution in [1.29, 1.82) is 0 Å². The van der Waals surface area contributed by atoms with Gasteiger partial charge in [0.25, 0.3) is 0 Å². The van der Waals surface area contributed by atoms with Crippen LogP contribution in [0, 0.1) is 23.2 Å². The smallest absolute Gasteiger partial charge is 0.244 e. The van der Waals surface area contributed by atoms with Crippen LogP contribution < -0.4 is 0 Å². The molecular formula is C22H29ClN2O3S. The lowest BCUT2D eigenvalue weighted by atomic mass is 9.49. The summed E-state index contributed by atoms with van der Waals surface area (Å²) in [6.45, 7) is 1.60. The first-order valence-electron chi connectivity index (χ1n) is 10.9. The van der Waals surface area contributed by atoms with Gasteiger partial charge in [0.2, 0.25) is 15.9 Å². The summed E-state index contributed by atoms with van der Waals surface area (Å²) in [6, 6.07) is 6.55. The predicted molar refractivity (Wildman–Crippen MR) is 112 cm³/mol. The average molecular weight is 437 g/mol. The zero-order chi connectivity index (χ0) is 20.2. The summed E-state index contributed by atoms with van der Waals surface area (Å²) < 4.78 is 27.3. The first kappa shape index (κ1) is 19.8. The number of halogens is 1. The zero-order valence-corrected chi connectivity index (χ0v) is 18.3. The van der Waals surface area contributed by atoms with Crippen LogP contribution in [0.25, 0.3) is 0 Å². The number of nitrogens with zero attached hydrogens (tertiary/aromatic N) is 2. The fourth-order valence-electron chi connectivity index (χ4n) is 6.91. The van der Waals surface area contributed by atoms with Crippen LogP contribution in [0.15, 0.2) is 29.2 Å². The lowest BCUT2D eigenvalue weighted by Gasteiger charge is -2.57. The van der Waals surface area contributed by atoms with Gasteiger partial charge in [0.15, 0.2) is 0 Å². The third-order valence-electron chi connectivity index (χ3n) is 7.74. The molecule has 4 saturated carbocycles. The molecule has 1 aromatic rings. The number of rotatable bonds is 4. The maximum absolute atomic E-state index is 13.1. The van der Waals surface area contributed by atoms with Crippen LogP contribution in [0.4, 0.5) is 0 Å². The van der Waals surface area contributed by atoms with Crippen LogP contribution >= 0.6 is 11.6 Å². The van der Waals surface area contributed by atoms with Gasteiger partial charge in [-0.25, -0.2) is 8.42 Å². The third-order valence-corrected chi connectivity index (χ3v) is 10.1. The first-order valence-corrected chi connectivity index (χ1v) is 12.7. The van der Waals surface area contributed by atoms with Crippen molar-refractivity contribution in [3.8, 4) is 0 Å². The van der Waals surface area contributed by atoms with E-state index in [0.29, 0.717) is 32.6 Å². The summed E-state index contributed by atoms with van der Waals surface area (Å²) >= 11 is 6.11. The van der Waals surface area contributed by atoms with Gasteiger partial charge in [-0.2, -0.15) is 4.31 Å². The number of hydrogen-bond donors (Lipinski definition) is 0. The molecule has 0 N–H and O–H groups in total. The van der Waals surface area contributed by atoms with Crippen molar-refractivity contribution in [2.24, 2.45) is 23.2 Å². The van der Waals surface area contributed by atoms with Gasteiger partial charge in [-0.05, 0) is 73.8 Å². The Morgan fingerprint density at radius 3 is 2.07 bits per heavy atom.